The monoisotopic (exact) mass is 354 g/mol. The summed E-state index contributed by atoms with van der Waals surface area (Å²) in [6.45, 7) is 7.76. The zero-order chi connectivity index (χ0) is 17.7. The predicted molar refractivity (Wildman–Crippen MR) is 100 cm³/mol. The molecule has 3 aromatic heterocycles. The van der Waals surface area contributed by atoms with Crippen LogP contribution in [0.3, 0.4) is 0 Å². The average Bonchev–Trinajstić information content (AvgIpc) is 3.06. The fourth-order valence-electron chi connectivity index (χ4n) is 2.93. The third kappa shape index (κ3) is 2.70. The topological polar surface area (TPSA) is 83.8 Å². The molecule has 0 saturated carbocycles. The number of aromatic nitrogens is 3. The third-order valence-corrected chi connectivity index (χ3v) is 5.45. The fraction of sp³-hybridized carbons (Fsp3) is 0.278. The van der Waals surface area contributed by atoms with Crippen molar-refractivity contribution in [3.8, 4) is 0 Å². The van der Waals surface area contributed by atoms with E-state index >= 15 is 0 Å². The van der Waals surface area contributed by atoms with E-state index in [9.17, 15) is 4.79 Å². The zero-order valence-corrected chi connectivity index (χ0v) is 15.2. The molecule has 0 spiro atoms. The van der Waals surface area contributed by atoms with E-state index in [1.54, 1.807) is 11.3 Å². The molecule has 0 aliphatic carbocycles. The fourth-order valence-corrected chi connectivity index (χ4v) is 3.96. The highest BCUT2D eigenvalue weighted by atomic mass is 32.1. The molecule has 0 aliphatic rings. The predicted octanol–water partition coefficient (Wildman–Crippen LogP) is 4.22. The van der Waals surface area contributed by atoms with E-state index in [4.69, 9.17) is 4.42 Å². The maximum absolute atomic E-state index is 12.4. The molecule has 0 unspecified atom stereocenters. The number of thiophene rings is 1. The van der Waals surface area contributed by atoms with Crippen molar-refractivity contribution in [1.29, 1.82) is 0 Å². The normalized spacial score (nSPS) is 12.8. The molecule has 25 heavy (non-hydrogen) atoms. The van der Waals surface area contributed by atoms with Crippen molar-refractivity contribution in [2.75, 3.05) is 5.32 Å². The molecular formula is C18H18N4O2S. The number of rotatable bonds is 3. The van der Waals surface area contributed by atoms with Gasteiger partial charge in [0, 0.05) is 17.5 Å². The molecule has 2 N–H and O–H groups in total. The Morgan fingerprint density at radius 2 is 2.04 bits per heavy atom. The molecule has 7 heteroatoms. The molecule has 3 heterocycles. The number of hydrogen-bond acceptors (Lipinski definition) is 6. The van der Waals surface area contributed by atoms with Crippen LogP contribution >= 0.6 is 11.3 Å². The lowest BCUT2D eigenvalue weighted by molar-refractivity contribution is 0.561. The maximum atomic E-state index is 12.4. The quantitative estimate of drug-likeness (QED) is 0.575. The van der Waals surface area contributed by atoms with Crippen LogP contribution in [0.1, 0.15) is 35.1 Å². The van der Waals surface area contributed by atoms with Gasteiger partial charge in [0.25, 0.3) is 5.56 Å². The van der Waals surface area contributed by atoms with Crippen LogP contribution in [0, 0.1) is 20.8 Å². The first-order chi connectivity index (χ1) is 11.9. The van der Waals surface area contributed by atoms with Crippen LogP contribution in [-0.2, 0) is 0 Å². The van der Waals surface area contributed by atoms with Gasteiger partial charge >= 0.3 is 0 Å². The Labute approximate surface area is 147 Å². The molecule has 0 aliphatic heterocycles. The van der Waals surface area contributed by atoms with Gasteiger partial charge in [-0.05, 0) is 44.5 Å². The third-order valence-electron chi connectivity index (χ3n) is 4.35. The minimum atomic E-state index is -0.148. The lowest BCUT2D eigenvalue weighted by Gasteiger charge is -2.14. The first kappa shape index (κ1) is 15.8. The molecule has 4 aromatic rings. The highest BCUT2D eigenvalue weighted by Crippen LogP contribution is 2.27. The second kappa shape index (κ2) is 5.70. The number of hydrogen-bond donors (Lipinski definition) is 2. The van der Waals surface area contributed by atoms with E-state index in [1.165, 1.54) is 0 Å². The Bertz CT molecular complexity index is 1160. The molecule has 1 aromatic carbocycles. The van der Waals surface area contributed by atoms with Gasteiger partial charge in [-0.2, -0.15) is 0 Å². The van der Waals surface area contributed by atoms with E-state index in [0.29, 0.717) is 17.1 Å². The van der Waals surface area contributed by atoms with Gasteiger partial charge in [0.1, 0.15) is 16.2 Å². The first-order valence-corrected chi connectivity index (χ1v) is 8.87. The molecular weight excluding hydrogens is 336 g/mol. The van der Waals surface area contributed by atoms with Crippen LogP contribution in [0.5, 0.6) is 0 Å². The molecule has 128 valence electrons. The largest absolute Gasteiger partial charge is 0.441 e. The van der Waals surface area contributed by atoms with Gasteiger partial charge in [-0.25, -0.2) is 9.97 Å². The Kier molecular flexibility index (Phi) is 3.61. The van der Waals surface area contributed by atoms with Crippen molar-refractivity contribution in [2.24, 2.45) is 0 Å². The minimum absolute atomic E-state index is 0.0851. The summed E-state index contributed by atoms with van der Waals surface area (Å²) in [4.78, 5) is 26.2. The van der Waals surface area contributed by atoms with E-state index < -0.39 is 0 Å². The second-order valence-corrected chi connectivity index (χ2v) is 7.40. The summed E-state index contributed by atoms with van der Waals surface area (Å²) in [5.41, 5.74) is 3.38. The summed E-state index contributed by atoms with van der Waals surface area (Å²) < 4.78 is 5.49. The van der Waals surface area contributed by atoms with Crippen LogP contribution in [0.15, 0.2) is 27.4 Å². The maximum Gasteiger partial charge on any atom is 0.259 e. The highest BCUT2D eigenvalue weighted by molar-refractivity contribution is 7.18. The van der Waals surface area contributed by atoms with Crippen LogP contribution in [0.2, 0.25) is 0 Å². The van der Waals surface area contributed by atoms with Crippen molar-refractivity contribution in [1.82, 2.24) is 15.0 Å². The van der Waals surface area contributed by atoms with Gasteiger partial charge in [-0.1, -0.05) is 0 Å². The smallest absolute Gasteiger partial charge is 0.259 e. The van der Waals surface area contributed by atoms with Crippen molar-refractivity contribution < 1.29 is 4.42 Å². The molecule has 4 rings (SSSR count). The summed E-state index contributed by atoms with van der Waals surface area (Å²) in [6.07, 6.45) is 0. The number of anilines is 1. The Hall–Kier alpha value is -2.67. The molecule has 1 atom stereocenters. The number of nitrogens with one attached hydrogen (secondary N) is 2. The molecule has 0 amide bonds. The summed E-state index contributed by atoms with van der Waals surface area (Å²) in [7, 11) is 0. The van der Waals surface area contributed by atoms with Gasteiger partial charge in [-0.3, -0.25) is 4.79 Å². The molecule has 0 bridgehead atoms. The molecule has 0 saturated heterocycles. The number of oxazole rings is 1. The number of fused-ring (bicyclic) bond motifs is 2. The van der Waals surface area contributed by atoms with E-state index in [0.717, 1.165) is 32.1 Å². The lowest BCUT2D eigenvalue weighted by Crippen LogP contribution is -2.17. The average molecular weight is 354 g/mol. The summed E-state index contributed by atoms with van der Waals surface area (Å²) in [6, 6.07) is 5.60. The molecule has 0 fully saturated rings. The Morgan fingerprint density at radius 1 is 1.24 bits per heavy atom. The summed E-state index contributed by atoms with van der Waals surface area (Å²) in [5, 5.41) is 4.06. The zero-order valence-electron chi connectivity index (χ0n) is 14.4. The van der Waals surface area contributed by atoms with E-state index in [-0.39, 0.29) is 11.6 Å². The lowest BCUT2D eigenvalue weighted by atomic mass is 10.2. The Balaban J connectivity index is 1.68. The van der Waals surface area contributed by atoms with Crippen LogP contribution in [0.4, 0.5) is 5.69 Å². The van der Waals surface area contributed by atoms with E-state index in [1.807, 2.05) is 45.9 Å². The summed E-state index contributed by atoms with van der Waals surface area (Å²) in [5.74, 6) is 1.26. The van der Waals surface area contributed by atoms with Crippen LogP contribution in [0.25, 0.3) is 21.3 Å². The first-order valence-electron chi connectivity index (χ1n) is 8.06. The molecule has 6 nitrogen and oxygen atoms in total. The number of aryl methyl sites for hydroxylation is 3. The number of aromatic amines is 1. The van der Waals surface area contributed by atoms with Gasteiger partial charge in [-0.15, -0.1) is 11.3 Å². The standard InChI is InChI=1S/C18H18N4O2S/c1-8-10(3)25-18-15(8)17(23)21-16(22-18)9(2)19-12-5-6-14-13(7-12)20-11(4)24-14/h5-7,9,19H,1-4H3,(H,21,22,23)/t9-/m0/s1. The van der Waals surface area contributed by atoms with Crippen LogP contribution < -0.4 is 10.9 Å². The van der Waals surface area contributed by atoms with Gasteiger partial charge in [0.05, 0.1) is 11.4 Å². The van der Waals surface area contributed by atoms with E-state index in [2.05, 4.69) is 20.3 Å². The van der Waals surface area contributed by atoms with Crippen molar-refractivity contribution in [3.63, 3.8) is 0 Å². The van der Waals surface area contributed by atoms with Crippen molar-refractivity contribution in [2.45, 2.75) is 33.7 Å². The van der Waals surface area contributed by atoms with Crippen molar-refractivity contribution in [3.05, 3.63) is 50.7 Å². The van der Waals surface area contributed by atoms with Crippen LogP contribution in [-0.4, -0.2) is 15.0 Å². The highest BCUT2D eigenvalue weighted by Gasteiger charge is 2.15. The van der Waals surface area contributed by atoms with Gasteiger partial charge in [0.15, 0.2) is 11.5 Å². The number of nitrogens with zero attached hydrogens (tertiary/aromatic N) is 2. The van der Waals surface area contributed by atoms with Gasteiger partial charge in [0.2, 0.25) is 0 Å². The minimum Gasteiger partial charge on any atom is -0.441 e. The Morgan fingerprint density at radius 3 is 2.84 bits per heavy atom. The SMILES string of the molecule is Cc1nc2cc(N[C@@H](C)c3nc4sc(C)c(C)c4c(=O)[nH]3)ccc2o1. The van der Waals surface area contributed by atoms with Gasteiger partial charge < -0.3 is 14.7 Å². The number of H-pyrrole nitrogens is 1. The second-order valence-electron chi connectivity index (χ2n) is 6.20. The number of benzene rings is 1. The summed E-state index contributed by atoms with van der Waals surface area (Å²) >= 11 is 1.55. The molecule has 0 radical (unpaired) electrons. The van der Waals surface area contributed by atoms with Crippen molar-refractivity contribution >= 4 is 38.3 Å².